The minimum absolute atomic E-state index is 0.189. The minimum Gasteiger partial charge on any atom is -0.493 e. The van der Waals surface area contributed by atoms with E-state index in [-0.39, 0.29) is 5.91 Å². The molecule has 49 heavy (non-hydrogen) atoms. The van der Waals surface area contributed by atoms with Crippen LogP contribution in [0.2, 0.25) is 5.02 Å². The molecular formula is C38H33ClN6O4. The summed E-state index contributed by atoms with van der Waals surface area (Å²) in [6.07, 6.45) is 4.47. The maximum atomic E-state index is 14.6. The molecule has 0 aliphatic heterocycles. The predicted octanol–water partition coefficient (Wildman–Crippen LogP) is 7.49. The number of fused-ring (bicyclic) bond motifs is 2. The van der Waals surface area contributed by atoms with Gasteiger partial charge in [0.2, 0.25) is 11.6 Å². The fourth-order valence-corrected chi connectivity index (χ4v) is 6.57. The van der Waals surface area contributed by atoms with E-state index in [9.17, 15) is 4.79 Å². The lowest BCUT2D eigenvalue weighted by molar-refractivity contribution is 0.0943. The number of nitrogens with one attached hydrogen (secondary N) is 2. The number of methoxy groups -OCH3 is 3. The van der Waals surface area contributed by atoms with Crippen molar-refractivity contribution in [1.82, 2.24) is 30.9 Å². The number of pyridine rings is 1. The van der Waals surface area contributed by atoms with Crippen LogP contribution in [0.1, 0.15) is 57.2 Å². The Morgan fingerprint density at radius 1 is 0.898 bits per heavy atom. The van der Waals surface area contributed by atoms with Crippen molar-refractivity contribution in [1.29, 1.82) is 0 Å². The van der Waals surface area contributed by atoms with E-state index in [1.807, 2.05) is 84.9 Å². The second-order valence-electron chi connectivity index (χ2n) is 11.6. The fraction of sp³-hybridized carbons (Fsp3) is 0.184. The highest BCUT2D eigenvalue weighted by molar-refractivity contribution is 6.30. The third kappa shape index (κ3) is 6.30. The Balaban J connectivity index is 1.32. The molecule has 1 aliphatic carbocycles. The largest absolute Gasteiger partial charge is 0.493 e. The number of carbonyl (C=O) groups excluding carboxylic acids is 1. The number of benzene rings is 4. The van der Waals surface area contributed by atoms with Crippen molar-refractivity contribution in [3.05, 3.63) is 123 Å². The maximum absolute atomic E-state index is 14.6. The summed E-state index contributed by atoms with van der Waals surface area (Å²) in [5.41, 5.74) is 7.60. The summed E-state index contributed by atoms with van der Waals surface area (Å²) in [5, 5.41) is 19.1. The topological polar surface area (TPSA) is 124 Å². The van der Waals surface area contributed by atoms with Gasteiger partial charge < -0.3 is 19.5 Å². The molecule has 7 rings (SSSR count). The lowest BCUT2D eigenvalue weighted by Crippen LogP contribution is -2.31. The molecule has 0 radical (unpaired) electrons. The molecule has 0 bridgehead atoms. The first-order valence-electron chi connectivity index (χ1n) is 15.8. The number of para-hydroxylation sites is 1. The van der Waals surface area contributed by atoms with Crippen LogP contribution in [0.15, 0.2) is 84.9 Å². The van der Waals surface area contributed by atoms with Gasteiger partial charge in [-0.15, -0.1) is 10.2 Å². The van der Waals surface area contributed by atoms with Gasteiger partial charge in [-0.1, -0.05) is 66.2 Å². The zero-order valence-corrected chi connectivity index (χ0v) is 27.9. The van der Waals surface area contributed by atoms with Gasteiger partial charge in [0.25, 0.3) is 5.91 Å². The van der Waals surface area contributed by atoms with E-state index in [1.54, 1.807) is 21.3 Å². The van der Waals surface area contributed by atoms with Crippen molar-refractivity contribution < 1.29 is 19.0 Å². The van der Waals surface area contributed by atoms with Gasteiger partial charge in [-0.2, -0.15) is 5.21 Å². The molecule has 0 spiro atoms. The van der Waals surface area contributed by atoms with E-state index in [4.69, 9.17) is 30.8 Å². The van der Waals surface area contributed by atoms with Crippen molar-refractivity contribution in [2.75, 3.05) is 21.3 Å². The molecule has 1 atom stereocenters. The summed E-state index contributed by atoms with van der Waals surface area (Å²) in [6, 6.07) is 26.4. The number of hydrogen-bond donors (Lipinski definition) is 2. The highest BCUT2D eigenvalue weighted by atomic mass is 35.5. The van der Waals surface area contributed by atoms with Crippen molar-refractivity contribution in [3.63, 3.8) is 0 Å². The third-order valence-electron chi connectivity index (χ3n) is 8.75. The molecule has 2 aromatic heterocycles. The Morgan fingerprint density at radius 3 is 2.24 bits per heavy atom. The smallest absolute Gasteiger partial charge is 0.253 e. The van der Waals surface area contributed by atoms with Crippen LogP contribution in [0.25, 0.3) is 33.9 Å². The molecule has 2 N–H and O–H groups in total. The first-order chi connectivity index (χ1) is 24.0. The van der Waals surface area contributed by atoms with E-state index in [2.05, 4.69) is 32.0 Å². The molecule has 0 saturated carbocycles. The number of hydrogen-bond acceptors (Lipinski definition) is 8. The number of amides is 1. The first kappa shape index (κ1) is 31.8. The van der Waals surface area contributed by atoms with E-state index in [1.165, 1.54) is 0 Å². The zero-order chi connectivity index (χ0) is 33.9. The van der Waals surface area contributed by atoms with Crippen molar-refractivity contribution in [3.8, 4) is 28.6 Å². The average Bonchev–Trinajstić information content (AvgIpc) is 3.68. The van der Waals surface area contributed by atoms with Crippen LogP contribution in [0.4, 0.5) is 0 Å². The van der Waals surface area contributed by atoms with Crippen LogP contribution in [0.3, 0.4) is 0 Å². The number of aromatic amines is 1. The number of halogens is 1. The Morgan fingerprint density at radius 2 is 1.59 bits per heavy atom. The first-order valence-corrected chi connectivity index (χ1v) is 16.2. The molecule has 246 valence electrons. The second kappa shape index (κ2) is 13.8. The van der Waals surface area contributed by atoms with Crippen molar-refractivity contribution >= 4 is 40.1 Å². The summed E-state index contributed by atoms with van der Waals surface area (Å²) >= 11 is 6.26. The highest BCUT2D eigenvalue weighted by Crippen LogP contribution is 2.41. The fourth-order valence-electron chi connectivity index (χ4n) is 6.45. The summed E-state index contributed by atoms with van der Waals surface area (Å²) < 4.78 is 16.7. The van der Waals surface area contributed by atoms with Gasteiger partial charge in [0.15, 0.2) is 11.5 Å². The van der Waals surface area contributed by atoms with E-state index < -0.39 is 6.04 Å². The number of rotatable bonds is 9. The minimum atomic E-state index is -0.468. The molecule has 6 aromatic rings. The second-order valence-corrected chi connectivity index (χ2v) is 12.1. The molecule has 1 aliphatic rings. The molecule has 11 heteroatoms. The van der Waals surface area contributed by atoms with E-state index in [0.29, 0.717) is 40.1 Å². The summed E-state index contributed by atoms with van der Waals surface area (Å²) in [6.45, 7) is 0. The molecule has 1 amide bonds. The van der Waals surface area contributed by atoms with E-state index >= 15 is 0 Å². The normalized spacial score (nSPS) is 13.9. The predicted molar refractivity (Wildman–Crippen MR) is 189 cm³/mol. The van der Waals surface area contributed by atoms with Gasteiger partial charge in [0.1, 0.15) is 0 Å². The average molecular weight is 673 g/mol. The highest BCUT2D eigenvalue weighted by Gasteiger charge is 2.28. The van der Waals surface area contributed by atoms with Crippen LogP contribution in [0, 0.1) is 0 Å². The number of allylic oxidation sites excluding steroid dienone is 1. The summed E-state index contributed by atoms with van der Waals surface area (Å²) in [7, 11) is 4.78. The SMILES string of the molecule is COc1cc(/C=C2/CCCc3c2nc2ccccc2c3C(=O)NC(c2ccc(Cl)cc2)c2ccc(-c3nn[nH]n3)cc2)cc(OC)c1OC. The number of aromatic nitrogens is 5. The van der Waals surface area contributed by atoms with Gasteiger partial charge in [-0.05, 0) is 88.7 Å². The van der Waals surface area contributed by atoms with Gasteiger partial charge in [-0.3, -0.25) is 4.79 Å². The van der Waals surface area contributed by atoms with Gasteiger partial charge in [-0.25, -0.2) is 4.98 Å². The quantitative estimate of drug-likeness (QED) is 0.162. The monoisotopic (exact) mass is 672 g/mol. The van der Waals surface area contributed by atoms with Crippen molar-refractivity contribution in [2.45, 2.75) is 25.3 Å². The number of ether oxygens (including phenoxy) is 3. The molecule has 4 aromatic carbocycles. The molecular weight excluding hydrogens is 640 g/mol. The number of tetrazole rings is 1. The van der Waals surface area contributed by atoms with Crippen LogP contribution in [-0.4, -0.2) is 52.8 Å². The lowest BCUT2D eigenvalue weighted by atomic mass is 9.85. The summed E-state index contributed by atoms with van der Waals surface area (Å²) in [4.78, 5) is 19.8. The zero-order valence-electron chi connectivity index (χ0n) is 27.2. The third-order valence-corrected chi connectivity index (χ3v) is 9.00. The molecule has 10 nitrogen and oxygen atoms in total. The summed E-state index contributed by atoms with van der Waals surface area (Å²) in [5.74, 6) is 1.96. The lowest BCUT2D eigenvalue weighted by Gasteiger charge is -2.25. The number of nitrogens with zero attached hydrogens (tertiary/aromatic N) is 4. The Kier molecular flexibility index (Phi) is 8.95. The van der Waals surface area contributed by atoms with Crippen LogP contribution in [-0.2, 0) is 6.42 Å². The Labute approximate surface area is 288 Å². The molecule has 0 saturated heterocycles. The van der Waals surface area contributed by atoms with Gasteiger partial charge in [0.05, 0.1) is 44.1 Å². The maximum Gasteiger partial charge on any atom is 0.253 e. The molecule has 1 unspecified atom stereocenters. The Hall–Kier alpha value is -5.74. The molecule has 0 fully saturated rings. The standard InChI is InChI=1S/C38H33ClN6O4/c1-47-31-20-22(21-32(48-2)36(31)49-3)19-26-7-6-9-29-33(28-8-4-5-10-30(28)40-35(26)29)38(46)41-34(24-15-17-27(39)18-16-24)23-11-13-25(14-12-23)37-42-44-45-43-37/h4-5,8,10-21,34H,6-7,9H2,1-3H3,(H,41,46)(H,42,43,44,45)/b26-19-. The van der Waals surface area contributed by atoms with Crippen LogP contribution < -0.4 is 19.5 Å². The van der Waals surface area contributed by atoms with Gasteiger partial charge in [0, 0.05) is 16.0 Å². The number of carbonyl (C=O) groups is 1. The molecule has 2 heterocycles. The van der Waals surface area contributed by atoms with Gasteiger partial charge >= 0.3 is 0 Å². The van der Waals surface area contributed by atoms with E-state index in [0.717, 1.165) is 62.8 Å². The number of H-pyrrole nitrogens is 1. The van der Waals surface area contributed by atoms with Crippen molar-refractivity contribution in [2.24, 2.45) is 0 Å². The Bertz CT molecular complexity index is 2140. The van der Waals surface area contributed by atoms with Crippen LogP contribution in [0.5, 0.6) is 17.2 Å². The van der Waals surface area contributed by atoms with Crippen LogP contribution >= 0.6 is 11.6 Å².